The maximum atomic E-state index is 2.48. The summed E-state index contributed by atoms with van der Waals surface area (Å²) in [5.41, 5.74) is 18.6. The van der Waals surface area contributed by atoms with Gasteiger partial charge in [-0.25, -0.2) is 0 Å². The second kappa shape index (κ2) is 15.8. The average Bonchev–Trinajstić information content (AvgIpc) is 3.90. The van der Waals surface area contributed by atoms with Crippen LogP contribution in [0.1, 0.15) is 22.3 Å². The molecule has 0 saturated heterocycles. The molecule has 0 amide bonds. The lowest BCUT2D eigenvalue weighted by Crippen LogP contribution is -2.28. The molecular formula is C65H44N2. The van der Waals surface area contributed by atoms with Gasteiger partial charge in [0.1, 0.15) is 0 Å². The van der Waals surface area contributed by atoms with Crippen LogP contribution in [0.15, 0.2) is 267 Å². The summed E-state index contributed by atoms with van der Waals surface area (Å²) in [7, 11) is 0. The summed E-state index contributed by atoms with van der Waals surface area (Å²) in [6, 6.07) is 98.2. The van der Waals surface area contributed by atoms with Crippen LogP contribution in [0.25, 0.3) is 71.6 Å². The first-order valence-corrected chi connectivity index (χ1v) is 23.2. The quantitative estimate of drug-likeness (QED) is 0.148. The third kappa shape index (κ3) is 6.18. The number of anilines is 3. The van der Waals surface area contributed by atoms with Gasteiger partial charge in [0.2, 0.25) is 0 Å². The molecule has 1 aromatic heterocycles. The van der Waals surface area contributed by atoms with E-state index in [2.05, 4.69) is 276 Å². The van der Waals surface area contributed by atoms with Crippen LogP contribution in [0.5, 0.6) is 0 Å². The predicted octanol–water partition coefficient (Wildman–Crippen LogP) is 17.1. The highest BCUT2D eigenvalue weighted by Crippen LogP contribution is 2.58. The molecule has 11 aromatic carbocycles. The van der Waals surface area contributed by atoms with Crippen molar-refractivity contribution in [2.24, 2.45) is 0 Å². The summed E-state index contributed by atoms with van der Waals surface area (Å²) in [5.74, 6) is 0. The van der Waals surface area contributed by atoms with Gasteiger partial charge in [0.15, 0.2) is 0 Å². The van der Waals surface area contributed by atoms with Crippen LogP contribution < -0.4 is 4.90 Å². The first-order valence-electron chi connectivity index (χ1n) is 23.2. The van der Waals surface area contributed by atoms with E-state index in [4.69, 9.17) is 0 Å². The highest BCUT2D eigenvalue weighted by Gasteiger charge is 2.46. The van der Waals surface area contributed by atoms with E-state index in [0.717, 1.165) is 22.7 Å². The van der Waals surface area contributed by atoms with Gasteiger partial charge >= 0.3 is 0 Å². The van der Waals surface area contributed by atoms with Crippen LogP contribution >= 0.6 is 0 Å². The molecule has 0 saturated carbocycles. The lowest BCUT2D eigenvalue weighted by molar-refractivity contribution is 0.770. The van der Waals surface area contributed by atoms with E-state index in [0.29, 0.717) is 0 Å². The van der Waals surface area contributed by atoms with Gasteiger partial charge in [-0.2, -0.15) is 0 Å². The molecule has 1 unspecified atom stereocenters. The second-order valence-electron chi connectivity index (χ2n) is 17.6. The molecular weight excluding hydrogens is 809 g/mol. The Bertz CT molecular complexity index is 3770. The molecule has 314 valence electrons. The van der Waals surface area contributed by atoms with Gasteiger partial charge in [0.05, 0.1) is 16.4 Å². The highest BCUT2D eigenvalue weighted by molar-refractivity contribution is 6.10. The van der Waals surface area contributed by atoms with Crippen molar-refractivity contribution in [3.63, 3.8) is 0 Å². The molecule has 13 rings (SSSR count). The van der Waals surface area contributed by atoms with Gasteiger partial charge in [-0.05, 0) is 133 Å². The fourth-order valence-corrected chi connectivity index (χ4v) is 11.1. The van der Waals surface area contributed by atoms with Crippen LogP contribution in [0.3, 0.4) is 0 Å². The summed E-state index contributed by atoms with van der Waals surface area (Å²) >= 11 is 0. The normalized spacial score (nSPS) is 14.0. The molecule has 0 fully saturated rings. The average molecular weight is 853 g/mol. The van der Waals surface area contributed by atoms with Gasteiger partial charge in [0.25, 0.3) is 0 Å². The van der Waals surface area contributed by atoms with Crippen molar-refractivity contribution in [3.05, 3.63) is 289 Å². The van der Waals surface area contributed by atoms with E-state index in [1.165, 1.54) is 88.2 Å². The summed E-state index contributed by atoms with van der Waals surface area (Å²) in [5, 5.41) is 4.97. The maximum Gasteiger partial charge on any atom is 0.0714 e. The minimum absolute atomic E-state index is 0.617. The Balaban J connectivity index is 1.03. The van der Waals surface area contributed by atoms with Crippen molar-refractivity contribution < 1.29 is 0 Å². The first-order chi connectivity index (χ1) is 33.2. The summed E-state index contributed by atoms with van der Waals surface area (Å²) < 4.78 is 2.41. The minimum atomic E-state index is -0.617. The van der Waals surface area contributed by atoms with Gasteiger partial charge < -0.3 is 9.47 Å². The zero-order valence-corrected chi connectivity index (χ0v) is 36.8. The third-order valence-corrected chi connectivity index (χ3v) is 14.1. The van der Waals surface area contributed by atoms with E-state index in [-0.39, 0.29) is 0 Å². The zero-order valence-electron chi connectivity index (χ0n) is 36.8. The number of rotatable bonds is 8. The Labute approximate surface area is 390 Å². The van der Waals surface area contributed by atoms with Gasteiger partial charge in [-0.3, -0.25) is 0 Å². The van der Waals surface area contributed by atoms with Gasteiger partial charge in [-0.1, -0.05) is 200 Å². The lowest BCUT2D eigenvalue weighted by atomic mass is 9.67. The fourth-order valence-electron chi connectivity index (χ4n) is 11.1. The molecule has 0 spiro atoms. The number of benzene rings is 11. The van der Waals surface area contributed by atoms with Crippen LogP contribution in [-0.2, 0) is 5.41 Å². The molecule has 67 heavy (non-hydrogen) atoms. The molecule has 0 N–H and O–H groups in total. The van der Waals surface area contributed by atoms with Crippen LogP contribution in [-0.4, -0.2) is 4.57 Å². The van der Waals surface area contributed by atoms with Crippen molar-refractivity contribution in [1.82, 2.24) is 4.57 Å². The number of nitrogens with zero attached hydrogens (tertiary/aromatic N) is 2. The molecule has 12 aromatic rings. The summed E-state index contributed by atoms with van der Waals surface area (Å²) in [4.78, 5) is 2.43. The van der Waals surface area contributed by atoms with Gasteiger partial charge in [-0.15, -0.1) is 0 Å². The largest absolute Gasteiger partial charge is 0.310 e. The van der Waals surface area contributed by atoms with Crippen molar-refractivity contribution >= 4 is 49.6 Å². The smallest absolute Gasteiger partial charge is 0.0714 e. The topological polar surface area (TPSA) is 8.17 Å². The van der Waals surface area contributed by atoms with E-state index >= 15 is 0 Å². The van der Waals surface area contributed by atoms with Crippen LogP contribution in [0.4, 0.5) is 17.1 Å². The Morgan fingerprint density at radius 1 is 0.299 bits per heavy atom. The van der Waals surface area contributed by atoms with E-state index in [1.807, 2.05) is 0 Å². The number of aromatic nitrogens is 1. The molecule has 2 heteroatoms. The Morgan fingerprint density at radius 3 is 1.63 bits per heavy atom. The molecule has 0 bridgehead atoms. The fraction of sp³-hybridized carbons (Fsp3) is 0.0154. The molecule has 1 aliphatic rings. The Kier molecular flexibility index (Phi) is 9.11. The minimum Gasteiger partial charge on any atom is -0.310 e. The highest BCUT2D eigenvalue weighted by atomic mass is 15.1. The van der Waals surface area contributed by atoms with Crippen molar-refractivity contribution in [2.75, 3.05) is 4.90 Å². The number of para-hydroxylation sites is 2. The maximum absolute atomic E-state index is 2.48. The third-order valence-electron chi connectivity index (χ3n) is 14.1. The standard InChI is InChI=1S/C65H44N2/c1-4-17-45(18-5-1)46-31-36-52(37-32-46)66(53-38-33-48(34-39-53)56-28-16-20-47-19-10-11-25-55(47)56)54-40-41-58-57-26-12-14-29-61(57)65(62(58)44-54,49-21-6-2-7-22-49)50-35-42-64-60(43-50)59-27-13-15-30-63(59)67(64)51-23-8-3-9-24-51/h1-44H. The number of hydrogen-bond acceptors (Lipinski definition) is 1. The van der Waals surface area contributed by atoms with Crippen LogP contribution in [0.2, 0.25) is 0 Å². The SMILES string of the molecule is c1ccc(-c2ccc(N(c3ccc(-c4cccc5ccccc45)cc3)c3ccc4c(c3)C(c3ccccc3)(c3ccc5c(c3)c3ccccc3n5-c3ccccc3)c3ccccc3-4)cc2)cc1. The van der Waals surface area contributed by atoms with Gasteiger partial charge in [0, 0.05) is 33.5 Å². The van der Waals surface area contributed by atoms with E-state index in [9.17, 15) is 0 Å². The van der Waals surface area contributed by atoms with Crippen molar-refractivity contribution in [2.45, 2.75) is 5.41 Å². The molecule has 2 nitrogen and oxygen atoms in total. The number of hydrogen-bond donors (Lipinski definition) is 0. The second-order valence-corrected chi connectivity index (χ2v) is 17.6. The molecule has 1 atom stereocenters. The van der Waals surface area contributed by atoms with Crippen LogP contribution in [0, 0.1) is 0 Å². The first kappa shape index (κ1) is 38.7. The summed E-state index contributed by atoms with van der Waals surface area (Å²) in [6.45, 7) is 0. The van der Waals surface area contributed by atoms with Crippen molar-refractivity contribution in [1.29, 1.82) is 0 Å². The van der Waals surface area contributed by atoms with E-state index < -0.39 is 5.41 Å². The Morgan fingerprint density at radius 2 is 0.851 bits per heavy atom. The van der Waals surface area contributed by atoms with E-state index in [1.54, 1.807) is 0 Å². The number of fused-ring (bicyclic) bond motifs is 7. The molecule has 1 heterocycles. The lowest BCUT2D eigenvalue weighted by Gasteiger charge is -2.35. The predicted molar refractivity (Wildman–Crippen MR) is 281 cm³/mol. The summed E-state index contributed by atoms with van der Waals surface area (Å²) in [6.07, 6.45) is 0. The van der Waals surface area contributed by atoms with Crippen molar-refractivity contribution in [3.8, 4) is 39.1 Å². The molecule has 0 radical (unpaired) electrons. The monoisotopic (exact) mass is 852 g/mol. The molecule has 1 aliphatic carbocycles. The zero-order chi connectivity index (χ0) is 44.3. The Hall–Kier alpha value is -8.72. The molecule has 0 aliphatic heterocycles.